The highest BCUT2D eigenvalue weighted by molar-refractivity contribution is 14.0. The predicted octanol–water partition coefficient (Wildman–Crippen LogP) is 4.17. The number of guanidine groups is 1. The maximum atomic E-state index is 4.39. The van der Waals surface area contributed by atoms with E-state index in [0.29, 0.717) is 5.92 Å². The number of piperidine rings is 1. The van der Waals surface area contributed by atoms with Gasteiger partial charge < -0.3 is 10.6 Å². The molecule has 1 aromatic carbocycles. The molecule has 0 unspecified atom stereocenters. The third kappa shape index (κ3) is 7.31. The molecule has 6 nitrogen and oxygen atoms in total. The summed E-state index contributed by atoms with van der Waals surface area (Å²) in [4.78, 5) is 8.44. The second-order valence-corrected chi connectivity index (χ2v) is 9.08. The molecule has 2 aromatic heterocycles. The molecule has 32 heavy (non-hydrogen) atoms. The molecular weight excluding hydrogens is 531 g/mol. The van der Waals surface area contributed by atoms with Crippen LogP contribution < -0.4 is 10.6 Å². The van der Waals surface area contributed by atoms with Crippen molar-refractivity contribution in [3.05, 3.63) is 70.7 Å². The highest BCUT2D eigenvalue weighted by Crippen LogP contribution is 2.20. The number of rotatable bonds is 8. The summed E-state index contributed by atoms with van der Waals surface area (Å²) in [5.74, 6) is 1.61. The zero-order chi connectivity index (χ0) is 21.3. The lowest BCUT2D eigenvalue weighted by Gasteiger charge is -2.32. The van der Waals surface area contributed by atoms with E-state index in [0.717, 1.165) is 37.7 Å². The molecule has 0 atom stereocenters. The lowest BCUT2D eigenvalue weighted by Crippen LogP contribution is -2.43. The van der Waals surface area contributed by atoms with E-state index in [2.05, 4.69) is 67.4 Å². The smallest absolute Gasteiger partial charge is 0.190 e. The molecule has 8 heteroatoms. The van der Waals surface area contributed by atoms with Crippen molar-refractivity contribution >= 4 is 41.3 Å². The second-order valence-electron chi connectivity index (χ2n) is 8.05. The third-order valence-corrected chi connectivity index (χ3v) is 6.72. The normalized spacial score (nSPS) is 15.3. The fraction of sp³-hybridized carbons (Fsp3) is 0.417. The van der Waals surface area contributed by atoms with Crippen molar-refractivity contribution in [1.82, 2.24) is 25.3 Å². The van der Waals surface area contributed by atoms with Crippen LogP contribution in [0.5, 0.6) is 0 Å². The number of thiophene rings is 1. The molecule has 3 aromatic rings. The molecule has 0 radical (unpaired) electrons. The molecule has 0 aliphatic carbocycles. The fourth-order valence-corrected chi connectivity index (χ4v) is 4.74. The molecule has 1 fully saturated rings. The van der Waals surface area contributed by atoms with Crippen molar-refractivity contribution in [2.45, 2.75) is 25.8 Å². The number of likely N-dealkylation sites (tertiary alicyclic amines) is 1. The Bertz CT molecular complexity index is 916. The van der Waals surface area contributed by atoms with Gasteiger partial charge in [0.15, 0.2) is 5.96 Å². The van der Waals surface area contributed by atoms with Crippen LogP contribution in [0, 0.1) is 5.92 Å². The van der Waals surface area contributed by atoms with Crippen LogP contribution in [0.15, 0.2) is 65.2 Å². The van der Waals surface area contributed by atoms with Crippen LogP contribution in [0.4, 0.5) is 0 Å². The highest BCUT2D eigenvalue weighted by atomic mass is 127. The number of aliphatic imine (C=N–C) groups is 1. The molecule has 1 saturated heterocycles. The summed E-state index contributed by atoms with van der Waals surface area (Å²) in [6, 6.07) is 14.9. The van der Waals surface area contributed by atoms with Gasteiger partial charge in [0.2, 0.25) is 0 Å². The van der Waals surface area contributed by atoms with Gasteiger partial charge in [0.25, 0.3) is 0 Å². The Balaban J connectivity index is 0.00000289. The minimum Gasteiger partial charge on any atom is -0.356 e. The number of nitrogens with zero attached hydrogens (tertiary/aromatic N) is 4. The van der Waals surface area contributed by atoms with E-state index in [1.807, 2.05) is 35.3 Å². The van der Waals surface area contributed by atoms with Crippen molar-refractivity contribution in [3.63, 3.8) is 0 Å². The number of hydrogen-bond donors (Lipinski definition) is 2. The van der Waals surface area contributed by atoms with Gasteiger partial charge in [0, 0.05) is 44.0 Å². The summed E-state index contributed by atoms with van der Waals surface area (Å²) in [7, 11) is 1.85. The maximum Gasteiger partial charge on any atom is 0.190 e. The van der Waals surface area contributed by atoms with Gasteiger partial charge in [-0.15, -0.1) is 35.3 Å². The van der Waals surface area contributed by atoms with Gasteiger partial charge in [-0.2, -0.15) is 5.10 Å². The lowest BCUT2D eigenvalue weighted by molar-refractivity contribution is 0.179. The van der Waals surface area contributed by atoms with E-state index in [1.165, 1.54) is 36.4 Å². The minimum absolute atomic E-state index is 0. The van der Waals surface area contributed by atoms with Crippen LogP contribution in [0.25, 0.3) is 5.69 Å². The lowest BCUT2D eigenvalue weighted by atomic mass is 9.97. The van der Waals surface area contributed by atoms with E-state index >= 15 is 0 Å². The van der Waals surface area contributed by atoms with E-state index < -0.39 is 0 Å². The van der Waals surface area contributed by atoms with Gasteiger partial charge in [-0.25, -0.2) is 4.68 Å². The first-order valence-corrected chi connectivity index (χ1v) is 12.0. The maximum absolute atomic E-state index is 4.39. The summed E-state index contributed by atoms with van der Waals surface area (Å²) in [6.07, 6.45) is 7.21. The predicted molar refractivity (Wildman–Crippen MR) is 144 cm³/mol. The quantitative estimate of drug-likeness (QED) is 0.245. The molecular formula is C24H33IN6S. The molecule has 1 aliphatic heterocycles. The minimum atomic E-state index is 0. The number of nitrogens with one attached hydrogen (secondary N) is 2. The Kier molecular flexibility index (Phi) is 10.0. The topological polar surface area (TPSA) is 57.5 Å². The van der Waals surface area contributed by atoms with E-state index in [9.17, 15) is 0 Å². The Morgan fingerprint density at radius 2 is 1.94 bits per heavy atom. The molecule has 4 rings (SSSR count). The van der Waals surface area contributed by atoms with Gasteiger partial charge in [-0.3, -0.25) is 9.89 Å². The summed E-state index contributed by atoms with van der Waals surface area (Å²) < 4.78 is 1.88. The third-order valence-electron chi connectivity index (χ3n) is 5.86. The van der Waals surface area contributed by atoms with Crippen molar-refractivity contribution < 1.29 is 0 Å². The zero-order valence-corrected chi connectivity index (χ0v) is 21.8. The van der Waals surface area contributed by atoms with Crippen LogP contribution >= 0.6 is 35.3 Å². The number of benzene rings is 1. The van der Waals surface area contributed by atoms with Gasteiger partial charge in [0.1, 0.15) is 0 Å². The monoisotopic (exact) mass is 564 g/mol. The van der Waals surface area contributed by atoms with E-state index in [4.69, 9.17) is 0 Å². The Labute approximate surface area is 212 Å². The van der Waals surface area contributed by atoms with Crippen LogP contribution in [0.2, 0.25) is 0 Å². The SMILES string of the molecule is CN=C(NCCc1ccc(-n2cccn2)cc1)NCC1CCN(Cc2cccs2)CC1.I. The van der Waals surface area contributed by atoms with Gasteiger partial charge >= 0.3 is 0 Å². The van der Waals surface area contributed by atoms with Crippen molar-refractivity contribution in [2.24, 2.45) is 10.9 Å². The molecule has 2 N–H and O–H groups in total. The number of hydrogen-bond acceptors (Lipinski definition) is 4. The Morgan fingerprint density at radius 3 is 2.59 bits per heavy atom. The average Bonchev–Trinajstić information content (AvgIpc) is 3.52. The van der Waals surface area contributed by atoms with Crippen LogP contribution in [-0.2, 0) is 13.0 Å². The molecule has 3 heterocycles. The first-order chi connectivity index (χ1) is 15.3. The van der Waals surface area contributed by atoms with Gasteiger partial charge in [-0.1, -0.05) is 18.2 Å². The van der Waals surface area contributed by atoms with Gasteiger partial charge in [-0.05, 0) is 73.5 Å². The largest absolute Gasteiger partial charge is 0.356 e. The Hall–Kier alpha value is -1.91. The number of aromatic nitrogens is 2. The molecule has 0 bridgehead atoms. The summed E-state index contributed by atoms with van der Waals surface area (Å²) in [6.45, 7) is 5.32. The van der Waals surface area contributed by atoms with Crippen molar-refractivity contribution in [3.8, 4) is 5.69 Å². The summed E-state index contributed by atoms with van der Waals surface area (Å²) in [5, 5.41) is 13.4. The summed E-state index contributed by atoms with van der Waals surface area (Å²) in [5.41, 5.74) is 2.39. The fourth-order valence-electron chi connectivity index (χ4n) is 4.00. The first-order valence-electron chi connectivity index (χ1n) is 11.1. The number of halogens is 1. The van der Waals surface area contributed by atoms with Gasteiger partial charge in [0.05, 0.1) is 5.69 Å². The molecule has 0 spiro atoms. The summed E-state index contributed by atoms with van der Waals surface area (Å²) >= 11 is 1.86. The second kappa shape index (κ2) is 13.0. The molecule has 172 valence electrons. The standard InChI is InChI=1S/C24H32N6S.HI/c1-25-24(26-13-9-20-5-7-22(8-6-20)30-14-3-12-28-30)27-18-21-10-15-29(16-11-21)19-23-4-2-17-31-23;/h2-8,12,14,17,21H,9-11,13,15-16,18-19H2,1H3,(H2,25,26,27);1H. The van der Waals surface area contributed by atoms with Crippen molar-refractivity contribution in [2.75, 3.05) is 33.2 Å². The van der Waals surface area contributed by atoms with Crippen LogP contribution in [-0.4, -0.2) is 53.9 Å². The molecule has 0 saturated carbocycles. The average molecular weight is 565 g/mol. The first kappa shape index (κ1) is 24.7. The van der Waals surface area contributed by atoms with Crippen LogP contribution in [0.3, 0.4) is 0 Å². The molecule has 0 amide bonds. The van der Waals surface area contributed by atoms with E-state index in [-0.39, 0.29) is 24.0 Å². The van der Waals surface area contributed by atoms with Crippen LogP contribution in [0.1, 0.15) is 23.3 Å². The highest BCUT2D eigenvalue weighted by Gasteiger charge is 2.19. The van der Waals surface area contributed by atoms with Crippen molar-refractivity contribution in [1.29, 1.82) is 0 Å². The van der Waals surface area contributed by atoms with E-state index in [1.54, 1.807) is 6.20 Å². The Morgan fingerprint density at radius 1 is 1.12 bits per heavy atom. The zero-order valence-electron chi connectivity index (χ0n) is 18.6. The molecule has 1 aliphatic rings.